The molecular weight excluding hydrogens is 384 g/mol. The lowest BCUT2D eigenvalue weighted by molar-refractivity contribution is 0.562. The number of hydrogen-bond donors (Lipinski definition) is 1. The molecule has 0 aromatic carbocycles. The summed E-state index contributed by atoms with van der Waals surface area (Å²) in [5.74, 6) is 0.998. The summed E-state index contributed by atoms with van der Waals surface area (Å²) in [5, 5.41) is 0.857. The molecule has 0 spiro atoms. The van der Waals surface area contributed by atoms with Gasteiger partial charge in [-0.2, -0.15) is 0 Å². The summed E-state index contributed by atoms with van der Waals surface area (Å²) in [6.07, 6.45) is 15.3. The standard InChI is InChI=1S/C22H38N4O2S/c1-4-6-8-9-10-11-12-13-14-15-17-29-22-23-19-18(26(22)16-7-5-2)20(27)24-21(28)25(19)3/h4-17H2,1-3H3,(H,24,27,28). The molecule has 0 bridgehead atoms. The lowest BCUT2D eigenvalue weighted by Gasteiger charge is -2.07. The van der Waals surface area contributed by atoms with Crippen LogP contribution in [-0.4, -0.2) is 24.9 Å². The molecule has 29 heavy (non-hydrogen) atoms. The molecule has 0 amide bonds. The Labute approximate surface area is 178 Å². The number of hydrogen-bond acceptors (Lipinski definition) is 4. The van der Waals surface area contributed by atoms with Gasteiger partial charge in [0.25, 0.3) is 5.56 Å². The topological polar surface area (TPSA) is 72.7 Å². The van der Waals surface area contributed by atoms with Crippen molar-refractivity contribution in [2.45, 2.75) is 103 Å². The maximum atomic E-state index is 12.4. The van der Waals surface area contributed by atoms with Crippen molar-refractivity contribution < 1.29 is 0 Å². The van der Waals surface area contributed by atoms with Gasteiger partial charge < -0.3 is 4.57 Å². The van der Waals surface area contributed by atoms with Crippen molar-refractivity contribution in [3.05, 3.63) is 20.8 Å². The number of fused-ring (bicyclic) bond motifs is 1. The van der Waals surface area contributed by atoms with Gasteiger partial charge in [-0.15, -0.1) is 0 Å². The molecule has 164 valence electrons. The fourth-order valence-corrected chi connectivity index (χ4v) is 4.62. The third-order valence-electron chi connectivity index (χ3n) is 5.44. The third kappa shape index (κ3) is 7.05. The summed E-state index contributed by atoms with van der Waals surface area (Å²) in [4.78, 5) is 31.3. The molecule has 0 aliphatic rings. The minimum atomic E-state index is -0.408. The Morgan fingerprint density at radius 2 is 1.45 bits per heavy atom. The van der Waals surface area contributed by atoms with Crippen LogP contribution in [0.5, 0.6) is 0 Å². The number of aromatic amines is 1. The van der Waals surface area contributed by atoms with Crippen molar-refractivity contribution in [2.75, 3.05) is 5.75 Å². The first kappa shape index (κ1) is 23.8. The van der Waals surface area contributed by atoms with Crippen molar-refractivity contribution in [3.63, 3.8) is 0 Å². The van der Waals surface area contributed by atoms with Crippen LogP contribution in [0.2, 0.25) is 0 Å². The van der Waals surface area contributed by atoms with Gasteiger partial charge >= 0.3 is 5.69 Å². The van der Waals surface area contributed by atoms with Crippen molar-refractivity contribution >= 4 is 22.9 Å². The van der Waals surface area contributed by atoms with Crippen molar-refractivity contribution in [1.82, 2.24) is 19.1 Å². The van der Waals surface area contributed by atoms with Gasteiger partial charge in [0.1, 0.15) is 0 Å². The highest BCUT2D eigenvalue weighted by molar-refractivity contribution is 7.99. The highest BCUT2D eigenvalue weighted by atomic mass is 32.2. The normalized spacial score (nSPS) is 11.6. The van der Waals surface area contributed by atoms with Gasteiger partial charge in [-0.25, -0.2) is 9.78 Å². The van der Waals surface area contributed by atoms with E-state index in [9.17, 15) is 9.59 Å². The minimum absolute atomic E-state index is 0.336. The Kier molecular flexibility index (Phi) is 10.6. The predicted octanol–water partition coefficient (Wildman–Crippen LogP) is 5.24. The Morgan fingerprint density at radius 3 is 2.07 bits per heavy atom. The number of aryl methyl sites for hydroxylation is 2. The zero-order valence-electron chi connectivity index (χ0n) is 18.5. The Morgan fingerprint density at radius 1 is 0.862 bits per heavy atom. The van der Waals surface area contributed by atoms with E-state index in [4.69, 9.17) is 0 Å². The largest absolute Gasteiger partial charge is 0.329 e. The van der Waals surface area contributed by atoms with E-state index < -0.39 is 5.69 Å². The molecule has 0 aliphatic carbocycles. The van der Waals surface area contributed by atoms with Gasteiger partial charge in [-0.1, -0.05) is 89.8 Å². The number of thioether (sulfide) groups is 1. The van der Waals surface area contributed by atoms with Gasteiger partial charge in [-0.05, 0) is 12.8 Å². The smallest absolute Gasteiger partial charge is 0.313 e. The van der Waals surface area contributed by atoms with E-state index in [0.29, 0.717) is 11.2 Å². The first-order valence-corrected chi connectivity index (χ1v) is 12.4. The molecule has 6 nitrogen and oxygen atoms in total. The van der Waals surface area contributed by atoms with E-state index >= 15 is 0 Å². The summed E-state index contributed by atoms with van der Waals surface area (Å²) >= 11 is 1.71. The lowest BCUT2D eigenvalue weighted by Crippen LogP contribution is -2.29. The van der Waals surface area contributed by atoms with Crippen LogP contribution in [0.25, 0.3) is 11.2 Å². The molecule has 0 atom stereocenters. The van der Waals surface area contributed by atoms with Gasteiger partial charge in [0.05, 0.1) is 0 Å². The number of H-pyrrole nitrogens is 1. The minimum Gasteiger partial charge on any atom is -0.313 e. The SMILES string of the molecule is CCCCCCCCCCCCSc1nc2c(c(=O)[nH]c(=O)n2C)n1CCCC. The predicted molar refractivity (Wildman–Crippen MR) is 123 cm³/mol. The van der Waals surface area contributed by atoms with Gasteiger partial charge in [-0.3, -0.25) is 14.3 Å². The molecule has 0 radical (unpaired) electrons. The second-order valence-corrected chi connectivity index (χ2v) is 8.98. The van der Waals surface area contributed by atoms with Crippen molar-refractivity contribution in [2.24, 2.45) is 7.05 Å². The summed E-state index contributed by atoms with van der Waals surface area (Å²) < 4.78 is 3.43. The van der Waals surface area contributed by atoms with E-state index in [0.717, 1.165) is 36.7 Å². The van der Waals surface area contributed by atoms with Crippen LogP contribution in [0.15, 0.2) is 14.7 Å². The molecule has 0 aliphatic heterocycles. The van der Waals surface area contributed by atoms with Crippen LogP contribution in [0.1, 0.15) is 90.9 Å². The number of aromatic nitrogens is 4. The van der Waals surface area contributed by atoms with Crippen LogP contribution < -0.4 is 11.2 Å². The molecule has 7 heteroatoms. The highest BCUT2D eigenvalue weighted by Crippen LogP contribution is 2.23. The zero-order valence-corrected chi connectivity index (χ0v) is 19.3. The van der Waals surface area contributed by atoms with Gasteiger partial charge in [0.2, 0.25) is 0 Å². The Bertz CT molecular complexity index is 853. The molecule has 2 aromatic rings. The number of nitrogens with one attached hydrogen (secondary N) is 1. The molecule has 2 rings (SSSR count). The second kappa shape index (κ2) is 12.9. The van der Waals surface area contributed by atoms with E-state index in [1.807, 2.05) is 4.57 Å². The monoisotopic (exact) mass is 422 g/mol. The molecular formula is C22H38N4O2S. The molecule has 0 fully saturated rings. The third-order valence-corrected chi connectivity index (χ3v) is 6.50. The van der Waals surface area contributed by atoms with Gasteiger partial charge in [0, 0.05) is 19.3 Å². The Balaban J connectivity index is 1.85. The van der Waals surface area contributed by atoms with Crippen LogP contribution in [0.4, 0.5) is 0 Å². The van der Waals surface area contributed by atoms with E-state index in [1.165, 1.54) is 62.4 Å². The molecule has 1 N–H and O–H groups in total. The summed E-state index contributed by atoms with van der Waals surface area (Å²) in [5.41, 5.74) is 0.262. The van der Waals surface area contributed by atoms with Crippen LogP contribution >= 0.6 is 11.8 Å². The van der Waals surface area contributed by atoms with Crippen LogP contribution in [-0.2, 0) is 13.6 Å². The number of imidazole rings is 1. The molecule has 0 saturated carbocycles. The lowest BCUT2D eigenvalue weighted by atomic mass is 10.1. The van der Waals surface area contributed by atoms with Crippen LogP contribution in [0.3, 0.4) is 0 Å². The fourth-order valence-electron chi connectivity index (χ4n) is 3.60. The quantitative estimate of drug-likeness (QED) is 0.315. The first-order valence-electron chi connectivity index (χ1n) is 11.4. The van der Waals surface area contributed by atoms with Crippen molar-refractivity contribution in [3.8, 4) is 0 Å². The molecule has 2 aromatic heterocycles. The van der Waals surface area contributed by atoms with E-state index in [-0.39, 0.29) is 5.56 Å². The first-order chi connectivity index (χ1) is 14.1. The number of unbranched alkanes of at least 4 members (excludes halogenated alkanes) is 10. The molecule has 2 heterocycles. The van der Waals surface area contributed by atoms with Crippen molar-refractivity contribution in [1.29, 1.82) is 0 Å². The van der Waals surface area contributed by atoms with E-state index in [2.05, 4.69) is 23.8 Å². The highest BCUT2D eigenvalue weighted by Gasteiger charge is 2.17. The average molecular weight is 423 g/mol. The van der Waals surface area contributed by atoms with Crippen LogP contribution in [0, 0.1) is 0 Å². The summed E-state index contributed by atoms with van der Waals surface area (Å²) in [7, 11) is 1.66. The summed E-state index contributed by atoms with van der Waals surface area (Å²) in [6, 6.07) is 0. The Hall–Kier alpha value is -1.50. The maximum Gasteiger partial charge on any atom is 0.329 e. The fraction of sp³-hybridized carbons (Fsp3) is 0.773. The van der Waals surface area contributed by atoms with E-state index in [1.54, 1.807) is 18.8 Å². The summed E-state index contributed by atoms with van der Waals surface area (Å²) in [6.45, 7) is 5.15. The second-order valence-electron chi connectivity index (χ2n) is 7.92. The average Bonchev–Trinajstić information content (AvgIpc) is 3.07. The van der Waals surface area contributed by atoms with Gasteiger partial charge in [0.15, 0.2) is 16.3 Å². The molecule has 0 saturated heterocycles. The molecule has 0 unspecified atom stereocenters. The zero-order chi connectivity index (χ0) is 21.1. The number of nitrogens with zero attached hydrogens (tertiary/aromatic N) is 3. The maximum absolute atomic E-state index is 12.4. The number of rotatable bonds is 15.